The van der Waals surface area contributed by atoms with Gasteiger partial charge >= 0.3 is 0 Å². The van der Waals surface area contributed by atoms with Gasteiger partial charge in [0.2, 0.25) is 5.91 Å². The van der Waals surface area contributed by atoms with E-state index in [1.165, 1.54) is 6.07 Å². The Bertz CT molecular complexity index is 853. The normalized spacial score (nSPS) is 11.5. The van der Waals surface area contributed by atoms with E-state index in [4.69, 9.17) is 0 Å². The number of carbonyl (C=O) groups is 1. The highest BCUT2D eigenvalue weighted by Crippen LogP contribution is 2.17. The van der Waals surface area contributed by atoms with Gasteiger partial charge in [-0.1, -0.05) is 32.0 Å². The van der Waals surface area contributed by atoms with Crippen LogP contribution in [0, 0.1) is 11.7 Å². The number of hydrogen-bond donors (Lipinski definition) is 3. The van der Waals surface area contributed by atoms with E-state index >= 15 is 0 Å². The molecular weight excluding hydrogens is 399 g/mol. The molecule has 0 aliphatic rings. The first-order valence-electron chi connectivity index (χ1n) is 10.1. The van der Waals surface area contributed by atoms with E-state index in [0.717, 1.165) is 34.7 Å². The van der Waals surface area contributed by atoms with Crippen LogP contribution in [0.1, 0.15) is 37.5 Å². The zero-order chi connectivity index (χ0) is 21.9. The molecule has 0 radical (unpaired) electrons. The van der Waals surface area contributed by atoms with Gasteiger partial charge in [0.05, 0.1) is 6.54 Å². The minimum Gasteiger partial charge on any atom is -0.357 e. The van der Waals surface area contributed by atoms with Crippen LogP contribution in [0.4, 0.5) is 10.1 Å². The van der Waals surface area contributed by atoms with Crippen LogP contribution >= 0.6 is 11.8 Å². The maximum Gasteiger partial charge on any atom is 0.226 e. The lowest BCUT2D eigenvalue weighted by molar-refractivity contribution is -0.118. The van der Waals surface area contributed by atoms with Gasteiger partial charge in [-0.2, -0.15) is 11.8 Å². The molecule has 0 fully saturated rings. The lowest BCUT2D eigenvalue weighted by Gasteiger charge is -2.14. The number of thioether (sulfide) groups is 1. The van der Waals surface area contributed by atoms with Crippen LogP contribution in [0.5, 0.6) is 0 Å². The summed E-state index contributed by atoms with van der Waals surface area (Å²) in [5.74, 6) is 1.20. The third-order valence-electron chi connectivity index (χ3n) is 4.42. The Morgan fingerprint density at radius 3 is 2.47 bits per heavy atom. The molecule has 5 nitrogen and oxygen atoms in total. The maximum atomic E-state index is 13.5. The largest absolute Gasteiger partial charge is 0.357 e. The number of amides is 1. The first-order valence-corrected chi connectivity index (χ1v) is 11.5. The van der Waals surface area contributed by atoms with E-state index in [1.807, 2.05) is 57.4 Å². The van der Waals surface area contributed by atoms with Crippen molar-refractivity contribution in [2.24, 2.45) is 10.9 Å². The van der Waals surface area contributed by atoms with Crippen LogP contribution < -0.4 is 16.0 Å². The molecule has 3 N–H and O–H groups in total. The molecule has 0 aliphatic carbocycles. The zero-order valence-electron chi connectivity index (χ0n) is 18.1. The monoisotopic (exact) mass is 430 g/mol. The second kappa shape index (κ2) is 12.2. The molecule has 0 unspecified atom stereocenters. The fourth-order valence-electron chi connectivity index (χ4n) is 2.73. The van der Waals surface area contributed by atoms with E-state index in [1.54, 1.807) is 17.8 Å². The van der Waals surface area contributed by atoms with Crippen molar-refractivity contribution < 1.29 is 9.18 Å². The Morgan fingerprint density at radius 2 is 1.83 bits per heavy atom. The van der Waals surface area contributed by atoms with Crippen molar-refractivity contribution in [1.82, 2.24) is 10.6 Å². The van der Waals surface area contributed by atoms with Gasteiger partial charge in [0.1, 0.15) is 5.82 Å². The lowest BCUT2D eigenvalue weighted by atomic mass is 10.1. The second-order valence-corrected chi connectivity index (χ2v) is 8.10. The number of rotatable bonds is 9. The van der Waals surface area contributed by atoms with Crippen LogP contribution in [-0.4, -0.2) is 24.7 Å². The number of benzene rings is 2. The lowest BCUT2D eigenvalue weighted by Crippen LogP contribution is -2.37. The van der Waals surface area contributed by atoms with Gasteiger partial charge in [0, 0.05) is 30.4 Å². The molecular formula is C23H31FN4OS. The van der Waals surface area contributed by atoms with Crippen molar-refractivity contribution in [3.63, 3.8) is 0 Å². The summed E-state index contributed by atoms with van der Waals surface area (Å²) in [6.07, 6.45) is 2.01. The van der Waals surface area contributed by atoms with Crippen molar-refractivity contribution in [3.05, 3.63) is 65.0 Å². The number of anilines is 1. The molecule has 0 bridgehead atoms. The molecule has 2 rings (SSSR count). The van der Waals surface area contributed by atoms with E-state index in [2.05, 4.69) is 20.9 Å². The van der Waals surface area contributed by atoms with Crippen LogP contribution in [0.25, 0.3) is 0 Å². The Kier molecular flexibility index (Phi) is 9.67. The van der Waals surface area contributed by atoms with E-state index in [9.17, 15) is 9.18 Å². The van der Waals surface area contributed by atoms with Crippen molar-refractivity contribution in [2.45, 2.75) is 39.6 Å². The quantitative estimate of drug-likeness (QED) is 0.404. The number of carbonyl (C=O) groups excluding carboxylic acids is 1. The molecule has 0 aliphatic heterocycles. The van der Waals surface area contributed by atoms with E-state index in [-0.39, 0.29) is 17.6 Å². The number of halogens is 1. The summed E-state index contributed by atoms with van der Waals surface area (Å²) in [5.41, 5.74) is 3.87. The molecule has 2 aromatic carbocycles. The molecule has 0 saturated heterocycles. The van der Waals surface area contributed by atoms with Gasteiger partial charge in [-0.3, -0.25) is 4.79 Å². The summed E-state index contributed by atoms with van der Waals surface area (Å²) in [6.45, 7) is 7.57. The number of nitrogens with zero attached hydrogens (tertiary/aromatic N) is 1. The van der Waals surface area contributed by atoms with Gasteiger partial charge < -0.3 is 16.0 Å². The molecule has 0 saturated carbocycles. The molecule has 30 heavy (non-hydrogen) atoms. The molecule has 7 heteroatoms. The highest BCUT2D eigenvalue weighted by molar-refractivity contribution is 7.97. The van der Waals surface area contributed by atoms with Crippen molar-refractivity contribution in [1.29, 1.82) is 0 Å². The third-order valence-corrected chi connectivity index (χ3v) is 5.02. The summed E-state index contributed by atoms with van der Waals surface area (Å²) in [5, 5.41) is 9.45. The highest BCUT2D eigenvalue weighted by Gasteiger charge is 2.07. The van der Waals surface area contributed by atoms with Gasteiger partial charge in [-0.15, -0.1) is 0 Å². The topological polar surface area (TPSA) is 65.5 Å². The first-order chi connectivity index (χ1) is 14.4. The summed E-state index contributed by atoms with van der Waals surface area (Å²) in [4.78, 5) is 16.4. The van der Waals surface area contributed by atoms with Crippen molar-refractivity contribution in [2.75, 3.05) is 18.1 Å². The fourth-order valence-corrected chi connectivity index (χ4v) is 3.31. The summed E-state index contributed by atoms with van der Waals surface area (Å²) >= 11 is 1.67. The van der Waals surface area contributed by atoms with Gasteiger partial charge in [0.25, 0.3) is 0 Å². The number of guanidine groups is 1. The standard InChI is InChI=1S/C23H31FN4OS/c1-5-25-23(27-14-18-8-9-20(24)12-19(18)15-30-4)26-13-17-6-10-21(11-7-17)28-22(29)16(2)3/h6-12,16H,5,13-15H2,1-4H3,(H,28,29)(H2,25,26,27). The Morgan fingerprint density at radius 1 is 1.10 bits per heavy atom. The second-order valence-electron chi connectivity index (χ2n) is 7.24. The molecule has 0 aromatic heterocycles. The van der Waals surface area contributed by atoms with Crippen molar-refractivity contribution in [3.8, 4) is 0 Å². The predicted molar refractivity (Wildman–Crippen MR) is 125 cm³/mol. The third kappa shape index (κ3) is 7.71. The van der Waals surface area contributed by atoms with E-state index < -0.39 is 0 Å². The smallest absolute Gasteiger partial charge is 0.226 e. The van der Waals surface area contributed by atoms with Gasteiger partial charge in [-0.25, -0.2) is 9.38 Å². The minimum atomic E-state index is -0.212. The molecule has 1 amide bonds. The molecule has 2 aromatic rings. The van der Waals surface area contributed by atoms with Crippen LogP contribution in [0.2, 0.25) is 0 Å². The average Bonchev–Trinajstić information content (AvgIpc) is 2.72. The van der Waals surface area contributed by atoms with Gasteiger partial charge in [-0.05, 0) is 54.1 Å². The fraction of sp³-hybridized carbons (Fsp3) is 0.391. The highest BCUT2D eigenvalue weighted by atomic mass is 32.2. The molecule has 0 atom stereocenters. The average molecular weight is 431 g/mol. The summed E-state index contributed by atoms with van der Waals surface area (Å²) in [6, 6.07) is 12.6. The number of aliphatic imine (C=N–C) groups is 1. The van der Waals surface area contributed by atoms with Crippen molar-refractivity contribution >= 4 is 29.3 Å². The van der Waals surface area contributed by atoms with E-state index in [0.29, 0.717) is 19.0 Å². The summed E-state index contributed by atoms with van der Waals surface area (Å²) < 4.78 is 13.5. The number of hydrogen-bond acceptors (Lipinski definition) is 3. The van der Waals surface area contributed by atoms with Crippen LogP contribution in [-0.2, 0) is 23.6 Å². The maximum absolute atomic E-state index is 13.5. The summed E-state index contributed by atoms with van der Waals surface area (Å²) in [7, 11) is 0. The molecule has 0 spiro atoms. The zero-order valence-corrected chi connectivity index (χ0v) is 18.9. The van der Waals surface area contributed by atoms with Crippen LogP contribution in [0.3, 0.4) is 0 Å². The number of nitrogens with one attached hydrogen (secondary N) is 3. The SMILES string of the molecule is CCNC(=NCc1ccc(NC(=O)C(C)C)cc1)NCc1ccc(F)cc1CSC. The molecule has 0 heterocycles. The van der Waals surface area contributed by atoms with Crippen LogP contribution in [0.15, 0.2) is 47.5 Å². The minimum absolute atomic E-state index is 0.000961. The first kappa shape index (κ1) is 23.7. The Balaban J connectivity index is 2.00. The molecule has 162 valence electrons. The Labute approximate surface area is 182 Å². The Hall–Kier alpha value is -2.54. The predicted octanol–water partition coefficient (Wildman–Crippen LogP) is 4.54. The van der Waals surface area contributed by atoms with Gasteiger partial charge in [0.15, 0.2) is 5.96 Å².